The van der Waals surface area contributed by atoms with Crippen molar-refractivity contribution in [1.82, 2.24) is 5.32 Å². The van der Waals surface area contributed by atoms with E-state index in [4.69, 9.17) is 9.84 Å². The third-order valence-electron chi connectivity index (χ3n) is 3.37. The highest BCUT2D eigenvalue weighted by molar-refractivity contribution is 5.87. The number of ether oxygens (including phenoxy) is 1. The molecule has 5 heteroatoms. The molecule has 0 saturated heterocycles. The van der Waals surface area contributed by atoms with Gasteiger partial charge < -0.3 is 15.2 Å². The Bertz CT molecular complexity index is 458. The summed E-state index contributed by atoms with van der Waals surface area (Å²) in [4.78, 5) is 10.8. The van der Waals surface area contributed by atoms with Crippen LogP contribution in [0, 0.1) is 5.82 Å². The fourth-order valence-corrected chi connectivity index (χ4v) is 2.20. The van der Waals surface area contributed by atoms with Crippen LogP contribution in [0.4, 0.5) is 4.39 Å². The van der Waals surface area contributed by atoms with Crippen LogP contribution in [0.1, 0.15) is 35.7 Å². The van der Waals surface area contributed by atoms with Crippen LogP contribution in [0.2, 0.25) is 0 Å². The smallest absolute Gasteiger partial charge is 0.335 e. The molecule has 1 fully saturated rings. The van der Waals surface area contributed by atoms with Crippen LogP contribution in [0.25, 0.3) is 0 Å². The van der Waals surface area contributed by atoms with Gasteiger partial charge in [0.15, 0.2) is 0 Å². The number of carboxylic acids is 1. The van der Waals surface area contributed by atoms with E-state index in [0.29, 0.717) is 30.9 Å². The Labute approximate surface area is 111 Å². The SMILES string of the molecule is CCOC1CC(NCc2cc(C(=O)O)ccc2F)C1. The molecule has 0 unspecified atom stereocenters. The topological polar surface area (TPSA) is 58.6 Å². The fraction of sp³-hybridized carbons (Fsp3) is 0.500. The summed E-state index contributed by atoms with van der Waals surface area (Å²) in [5, 5.41) is 12.1. The summed E-state index contributed by atoms with van der Waals surface area (Å²) < 4.78 is 19.0. The number of carbonyl (C=O) groups is 1. The van der Waals surface area contributed by atoms with E-state index in [2.05, 4.69) is 5.32 Å². The van der Waals surface area contributed by atoms with E-state index in [1.54, 1.807) is 0 Å². The van der Waals surface area contributed by atoms with Crippen LogP contribution in [0.5, 0.6) is 0 Å². The minimum Gasteiger partial charge on any atom is -0.478 e. The number of carboxylic acid groups (broad SMARTS) is 1. The molecular formula is C14H18FNO3. The molecule has 0 heterocycles. The zero-order chi connectivity index (χ0) is 13.8. The largest absolute Gasteiger partial charge is 0.478 e. The Hall–Kier alpha value is -1.46. The van der Waals surface area contributed by atoms with Crippen molar-refractivity contribution < 1.29 is 19.0 Å². The van der Waals surface area contributed by atoms with Crippen LogP contribution in [-0.4, -0.2) is 29.8 Å². The highest BCUT2D eigenvalue weighted by Gasteiger charge is 2.29. The van der Waals surface area contributed by atoms with Gasteiger partial charge in [-0.25, -0.2) is 9.18 Å². The Morgan fingerprint density at radius 2 is 2.26 bits per heavy atom. The Morgan fingerprint density at radius 1 is 1.53 bits per heavy atom. The lowest BCUT2D eigenvalue weighted by Crippen LogP contribution is -2.45. The molecule has 1 aromatic carbocycles. The van der Waals surface area contributed by atoms with Gasteiger partial charge in [0.2, 0.25) is 0 Å². The van der Waals surface area contributed by atoms with E-state index in [0.717, 1.165) is 12.8 Å². The van der Waals surface area contributed by atoms with E-state index in [9.17, 15) is 9.18 Å². The van der Waals surface area contributed by atoms with Crippen molar-refractivity contribution in [2.24, 2.45) is 0 Å². The van der Waals surface area contributed by atoms with E-state index >= 15 is 0 Å². The molecule has 0 bridgehead atoms. The summed E-state index contributed by atoms with van der Waals surface area (Å²) in [5.74, 6) is -1.42. The van der Waals surface area contributed by atoms with E-state index in [-0.39, 0.29) is 11.4 Å². The van der Waals surface area contributed by atoms with Crippen LogP contribution >= 0.6 is 0 Å². The van der Waals surface area contributed by atoms with Crippen molar-refractivity contribution in [3.8, 4) is 0 Å². The number of nitrogens with one attached hydrogen (secondary N) is 1. The van der Waals surface area contributed by atoms with Crippen LogP contribution < -0.4 is 5.32 Å². The number of rotatable bonds is 6. The number of aromatic carboxylic acids is 1. The first-order valence-corrected chi connectivity index (χ1v) is 6.47. The summed E-state index contributed by atoms with van der Waals surface area (Å²) in [6.45, 7) is 3.02. The third-order valence-corrected chi connectivity index (χ3v) is 3.37. The molecular weight excluding hydrogens is 249 g/mol. The minimum atomic E-state index is -1.04. The quantitative estimate of drug-likeness (QED) is 0.829. The van der Waals surface area contributed by atoms with Crippen LogP contribution in [0.15, 0.2) is 18.2 Å². The second-order valence-electron chi connectivity index (χ2n) is 4.74. The van der Waals surface area contributed by atoms with Gasteiger partial charge in [-0.2, -0.15) is 0 Å². The maximum Gasteiger partial charge on any atom is 0.335 e. The predicted molar refractivity (Wildman–Crippen MR) is 68.6 cm³/mol. The third kappa shape index (κ3) is 3.52. The lowest BCUT2D eigenvalue weighted by molar-refractivity contribution is -0.0102. The average molecular weight is 267 g/mol. The Balaban J connectivity index is 1.86. The summed E-state index contributed by atoms with van der Waals surface area (Å²) in [7, 11) is 0. The van der Waals surface area contributed by atoms with Gasteiger partial charge in [-0.3, -0.25) is 0 Å². The first kappa shape index (κ1) is 14.0. The highest BCUT2D eigenvalue weighted by Crippen LogP contribution is 2.23. The second-order valence-corrected chi connectivity index (χ2v) is 4.74. The Morgan fingerprint density at radius 3 is 2.89 bits per heavy atom. The maximum atomic E-state index is 13.5. The molecule has 0 amide bonds. The van der Waals surface area contributed by atoms with E-state index < -0.39 is 5.97 Å². The zero-order valence-corrected chi connectivity index (χ0v) is 10.9. The standard InChI is InChI=1S/C14H18FNO3/c1-2-19-12-6-11(7-12)16-8-10-5-9(14(17)18)3-4-13(10)15/h3-5,11-12,16H,2,6-8H2,1H3,(H,17,18). The van der Waals surface area contributed by atoms with Crippen molar-refractivity contribution in [3.05, 3.63) is 35.1 Å². The maximum absolute atomic E-state index is 13.5. The molecule has 1 saturated carbocycles. The van der Waals surface area contributed by atoms with Crippen molar-refractivity contribution in [1.29, 1.82) is 0 Å². The van der Waals surface area contributed by atoms with Crippen LogP contribution in [0.3, 0.4) is 0 Å². The molecule has 0 radical (unpaired) electrons. The number of hydrogen-bond donors (Lipinski definition) is 2. The zero-order valence-electron chi connectivity index (χ0n) is 10.9. The molecule has 0 atom stereocenters. The van der Waals surface area contributed by atoms with Gasteiger partial charge >= 0.3 is 5.97 Å². The summed E-state index contributed by atoms with van der Waals surface area (Å²) >= 11 is 0. The minimum absolute atomic E-state index is 0.110. The first-order chi connectivity index (χ1) is 9.10. The number of benzene rings is 1. The lowest BCUT2D eigenvalue weighted by Gasteiger charge is -2.35. The molecule has 0 spiro atoms. The molecule has 4 nitrogen and oxygen atoms in total. The molecule has 104 valence electrons. The van der Waals surface area contributed by atoms with Gasteiger partial charge in [-0.1, -0.05) is 0 Å². The summed E-state index contributed by atoms with van der Waals surface area (Å²) in [5.41, 5.74) is 0.499. The molecule has 1 aliphatic rings. The second kappa shape index (κ2) is 6.12. The molecule has 2 rings (SSSR count). The van der Waals surface area contributed by atoms with Crippen molar-refractivity contribution >= 4 is 5.97 Å². The van der Waals surface area contributed by atoms with Gasteiger partial charge in [0.1, 0.15) is 5.82 Å². The molecule has 0 aliphatic heterocycles. The van der Waals surface area contributed by atoms with Crippen molar-refractivity contribution in [2.45, 2.75) is 38.5 Å². The normalized spacial score (nSPS) is 22.0. The molecule has 19 heavy (non-hydrogen) atoms. The van der Waals surface area contributed by atoms with Gasteiger partial charge in [-0.05, 0) is 38.0 Å². The van der Waals surface area contributed by atoms with Crippen molar-refractivity contribution in [2.75, 3.05) is 6.61 Å². The number of hydrogen-bond acceptors (Lipinski definition) is 3. The van der Waals surface area contributed by atoms with Gasteiger partial charge in [0.05, 0.1) is 11.7 Å². The van der Waals surface area contributed by atoms with Gasteiger partial charge in [-0.15, -0.1) is 0 Å². The highest BCUT2D eigenvalue weighted by atomic mass is 19.1. The molecule has 1 aliphatic carbocycles. The molecule has 2 N–H and O–H groups in total. The lowest BCUT2D eigenvalue weighted by atomic mass is 9.89. The van der Waals surface area contributed by atoms with E-state index in [1.807, 2.05) is 6.92 Å². The summed E-state index contributed by atoms with van der Waals surface area (Å²) in [6.07, 6.45) is 2.15. The fourth-order valence-electron chi connectivity index (χ4n) is 2.20. The monoisotopic (exact) mass is 267 g/mol. The molecule has 0 aromatic heterocycles. The van der Waals surface area contributed by atoms with Gasteiger partial charge in [0.25, 0.3) is 0 Å². The first-order valence-electron chi connectivity index (χ1n) is 6.47. The molecule has 1 aromatic rings. The number of halogens is 1. The van der Waals surface area contributed by atoms with Gasteiger partial charge in [0, 0.05) is 24.8 Å². The summed E-state index contributed by atoms with van der Waals surface area (Å²) in [6, 6.07) is 4.17. The average Bonchev–Trinajstić information content (AvgIpc) is 2.33. The van der Waals surface area contributed by atoms with Crippen LogP contribution in [-0.2, 0) is 11.3 Å². The Kier molecular flexibility index (Phi) is 4.50. The van der Waals surface area contributed by atoms with Crippen molar-refractivity contribution in [3.63, 3.8) is 0 Å². The predicted octanol–water partition coefficient (Wildman–Crippen LogP) is 2.18. The van der Waals surface area contributed by atoms with E-state index in [1.165, 1.54) is 18.2 Å².